The van der Waals surface area contributed by atoms with Gasteiger partial charge < -0.3 is 4.90 Å². The van der Waals surface area contributed by atoms with E-state index in [0.29, 0.717) is 12.8 Å². The van der Waals surface area contributed by atoms with E-state index in [1.807, 2.05) is 0 Å². The van der Waals surface area contributed by atoms with Crippen LogP contribution in [-0.2, 0) is 11.0 Å². The van der Waals surface area contributed by atoms with Crippen LogP contribution in [0.5, 0.6) is 0 Å². The fourth-order valence-corrected chi connectivity index (χ4v) is 3.41. The number of rotatable bonds is 3. The van der Waals surface area contributed by atoms with E-state index in [1.54, 1.807) is 0 Å². The Labute approximate surface area is 155 Å². The molecule has 0 atom stereocenters. The van der Waals surface area contributed by atoms with Crippen molar-refractivity contribution in [3.63, 3.8) is 0 Å². The summed E-state index contributed by atoms with van der Waals surface area (Å²) in [6.07, 6.45) is -1.95. The lowest BCUT2D eigenvalue weighted by Crippen LogP contribution is -2.47. The van der Waals surface area contributed by atoms with Crippen LogP contribution in [-0.4, -0.2) is 44.3 Å². The quantitative estimate of drug-likeness (QED) is 0.807. The Hall–Kier alpha value is -3.11. The molecule has 0 radical (unpaired) electrons. The van der Waals surface area contributed by atoms with Crippen molar-refractivity contribution in [3.8, 4) is 0 Å². The van der Waals surface area contributed by atoms with Crippen molar-refractivity contribution in [2.24, 2.45) is 0 Å². The number of aromatic nitrogens is 3. The number of anilines is 1. The van der Waals surface area contributed by atoms with Gasteiger partial charge in [-0.15, -0.1) is 0 Å². The van der Waals surface area contributed by atoms with Gasteiger partial charge in [-0.2, -0.15) is 13.2 Å². The first kappa shape index (κ1) is 18.3. The third-order valence-electron chi connectivity index (χ3n) is 4.83. The summed E-state index contributed by atoms with van der Waals surface area (Å²) in [5.74, 6) is -2.16. The summed E-state index contributed by atoms with van der Waals surface area (Å²) in [5.41, 5.74) is -0.841. The van der Waals surface area contributed by atoms with Gasteiger partial charge in [0.1, 0.15) is 12.2 Å². The largest absolute Gasteiger partial charge is 0.433 e. The van der Waals surface area contributed by atoms with Crippen molar-refractivity contribution in [1.82, 2.24) is 19.9 Å². The molecule has 2 aromatic heterocycles. The highest BCUT2D eigenvalue weighted by Gasteiger charge is 2.45. The molecule has 2 amide bonds. The number of alkyl halides is 3. The molecule has 146 valence electrons. The molecule has 1 saturated carbocycles. The van der Waals surface area contributed by atoms with E-state index < -0.39 is 29.5 Å². The molecule has 7 nitrogen and oxygen atoms in total. The van der Waals surface area contributed by atoms with E-state index >= 15 is 0 Å². The molecule has 2 bridgehead atoms. The summed E-state index contributed by atoms with van der Waals surface area (Å²) in [6, 6.07) is 1.62. The number of carbonyl (C=O) groups is 2. The van der Waals surface area contributed by atoms with Gasteiger partial charge in [0, 0.05) is 12.0 Å². The van der Waals surface area contributed by atoms with Gasteiger partial charge in [0.25, 0.3) is 5.91 Å². The third-order valence-corrected chi connectivity index (χ3v) is 4.83. The average molecular weight is 395 g/mol. The Morgan fingerprint density at radius 3 is 2.54 bits per heavy atom. The maximum absolute atomic E-state index is 12.9. The lowest BCUT2D eigenvalue weighted by Gasteiger charge is -2.38. The van der Waals surface area contributed by atoms with Crippen molar-refractivity contribution in [2.75, 3.05) is 11.9 Å². The zero-order chi connectivity index (χ0) is 20.1. The number of halogens is 4. The van der Waals surface area contributed by atoms with Crippen LogP contribution < -0.4 is 5.32 Å². The number of nitrogens with zero attached hydrogens (tertiary/aromatic N) is 4. The summed E-state index contributed by atoms with van der Waals surface area (Å²) < 4.78 is 51.6. The summed E-state index contributed by atoms with van der Waals surface area (Å²) in [5, 5.41) is 2.36. The maximum Gasteiger partial charge on any atom is 0.433 e. The topological polar surface area (TPSA) is 88.1 Å². The Morgan fingerprint density at radius 2 is 1.89 bits per heavy atom. The molecular weight excluding hydrogens is 382 g/mol. The van der Waals surface area contributed by atoms with Crippen LogP contribution in [0, 0.1) is 5.82 Å². The molecule has 1 aliphatic carbocycles. The molecule has 4 heterocycles. The second kappa shape index (κ2) is 6.50. The van der Waals surface area contributed by atoms with Gasteiger partial charge in [0.2, 0.25) is 11.9 Å². The highest BCUT2D eigenvalue weighted by molar-refractivity contribution is 6.00. The molecule has 1 fully saturated rings. The number of nitrogens with one attached hydrogen (secondary N) is 1. The standard InChI is InChI=1S/C17H13F4N5O2/c18-9-5-22-16(23-6-9)25-13(27)7-26-10-3-8(4-10)14-11(15(26)28)1-2-12(24-14)17(19,20)21/h1-2,5-6,8,10H,3-4,7H2,(H,22,23,25,27). The lowest BCUT2D eigenvalue weighted by molar-refractivity contribution is -0.141. The average Bonchev–Trinajstić information content (AvgIpc) is 2.77. The first-order valence-electron chi connectivity index (χ1n) is 8.39. The van der Waals surface area contributed by atoms with Crippen LogP contribution in [0.4, 0.5) is 23.5 Å². The molecule has 28 heavy (non-hydrogen) atoms. The predicted molar refractivity (Wildman–Crippen MR) is 86.7 cm³/mol. The first-order chi connectivity index (χ1) is 13.2. The number of fused-ring (bicyclic) bond motifs is 1. The van der Waals surface area contributed by atoms with E-state index in [4.69, 9.17) is 0 Å². The van der Waals surface area contributed by atoms with Gasteiger partial charge in [-0.3, -0.25) is 14.9 Å². The molecular formula is C17H13F4N5O2. The van der Waals surface area contributed by atoms with E-state index in [9.17, 15) is 27.2 Å². The van der Waals surface area contributed by atoms with Crippen LogP contribution in [0.3, 0.4) is 0 Å². The van der Waals surface area contributed by atoms with Crippen molar-refractivity contribution in [2.45, 2.75) is 31.0 Å². The van der Waals surface area contributed by atoms with Gasteiger partial charge in [-0.25, -0.2) is 19.3 Å². The fourth-order valence-electron chi connectivity index (χ4n) is 3.41. The normalized spacial score (nSPS) is 20.9. The Balaban J connectivity index is 1.54. The third kappa shape index (κ3) is 3.27. The van der Waals surface area contributed by atoms with Gasteiger partial charge >= 0.3 is 6.18 Å². The summed E-state index contributed by atoms with van der Waals surface area (Å²) >= 11 is 0. The van der Waals surface area contributed by atoms with Crippen molar-refractivity contribution in [1.29, 1.82) is 0 Å². The molecule has 1 N–H and O–H groups in total. The molecule has 0 spiro atoms. The molecule has 0 aromatic carbocycles. The number of hydrogen-bond acceptors (Lipinski definition) is 5. The number of pyridine rings is 1. The van der Waals surface area contributed by atoms with Crippen molar-refractivity contribution >= 4 is 17.8 Å². The Morgan fingerprint density at radius 1 is 1.21 bits per heavy atom. The minimum atomic E-state index is -4.59. The van der Waals surface area contributed by atoms with Crippen molar-refractivity contribution < 1.29 is 27.2 Å². The summed E-state index contributed by atoms with van der Waals surface area (Å²) in [7, 11) is 0. The minimum absolute atomic E-state index is 0.0730. The second-order valence-electron chi connectivity index (χ2n) is 6.66. The molecule has 0 saturated heterocycles. The lowest BCUT2D eigenvalue weighted by atomic mass is 9.78. The van der Waals surface area contributed by atoms with E-state index in [2.05, 4.69) is 20.3 Å². The summed E-state index contributed by atoms with van der Waals surface area (Å²) in [4.78, 5) is 37.3. The molecule has 3 aliphatic rings. The van der Waals surface area contributed by atoms with Gasteiger partial charge in [0.15, 0.2) is 5.82 Å². The molecule has 2 aliphatic heterocycles. The monoisotopic (exact) mass is 395 g/mol. The Bertz CT molecular complexity index is 942. The SMILES string of the molecule is O=C(CN1C(=O)c2ccc(C(F)(F)F)nc2C2CC1C2)Nc1ncc(F)cn1. The highest BCUT2D eigenvalue weighted by atomic mass is 19.4. The molecule has 5 rings (SSSR count). The van der Waals surface area contributed by atoms with E-state index in [-0.39, 0.29) is 35.7 Å². The Kier molecular flexibility index (Phi) is 4.24. The minimum Gasteiger partial charge on any atom is -0.326 e. The van der Waals surface area contributed by atoms with Crippen LogP contribution in [0.2, 0.25) is 0 Å². The highest BCUT2D eigenvalue weighted by Crippen LogP contribution is 2.45. The number of hydrogen-bond donors (Lipinski definition) is 1. The van der Waals surface area contributed by atoms with Crippen LogP contribution in [0.25, 0.3) is 0 Å². The maximum atomic E-state index is 12.9. The van der Waals surface area contributed by atoms with E-state index in [0.717, 1.165) is 24.5 Å². The number of amides is 2. The second-order valence-corrected chi connectivity index (χ2v) is 6.66. The zero-order valence-corrected chi connectivity index (χ0v) is 14.2. The first-order valence-corrected chi connectivity index (χ1v) is 8.39. The predicted octanol–water partition coefficient (Wildman–Crippen LogP) is 2.37. The zero-order valence-electron chi connectivity index (χ0n) is 14.2. The van der Waals surface area contributed by atoms with Crippen LogP contribution in [0.1, 0.15) is 40.5 Å². The smallest absolute Gasteiger partial charge is 0.326 e. The molecule has 2 aromatic rings. The van der Waals surface area contributed by atoms with E-state index in [1.165, 1.54) is 4.90 Å². The van der Waals surface area contributed by atoms with Gasteiger partial charge in [-0.1, -0.05) is 0 Å². The van der Waals surface area contributed by atoms with Crippen LogP contribution >= 0.6 is 0 Å². The van der Waals surface area contributed by atoms with Crippen LogP contribution in [0.15, 0.2) is 24.5 Å². The number of carbonyl (C=O) groups excluding carboxylic acids is 2. The fraction of sp³-hybridized carbons (Fsp3) is 0.353. The van der Waals surface area contributed by atoms with Gasteiger partial charge in [0.05, 0.1) is 23.7 Å². The van der Waals surface area contributed by atoms with Crippen molar-refractivity contribution in [3.05, 3.63) is 47.3 Å². The van der Waals surface area contributed by atoms with Gasteiger partial charge in [-0.05, 0) is 25.0 Å². The summed E-state index contributed by atoms with van der Waals surface area (Å²) in [6.45, 7) is -0.322. The molecule has 0 unspecified atom stereocenters. The molecule has 11 heteroatoms.